The van der Waals surface area contributed by atoms with Crippen LogP contribution in [0.3, 0.4) is 0 Å². The largest absolute Gasteiger partial charge is 0.409 e. The van der Waals surface area contributed by atoms with Gasteiger partial charge in [-0.2, -0.15) is 0 Å². The van der Waals surface area contributed by atoms with Gasteiger partial charge in [0.25, 0.3) is 0 Å². The van der Waals surface area contributed by atoms with Gasteiger partial charge in [-0.1, -0.05) is 0 Å². The van der Waals surface area contributed by atoms with Gasteiger partial charge in [-0.05, 0) is 21.8 Å². The van der Waals surface area contributed by atoms with Crippen LogP contribution in [0.5, 0.6) is 0 Å². The van der Waals surface area contributed by atoms with E-state index in [1.54, 1.807) is 8.87 Å². The van der Waals surface area contributed by atoms with Crippen LogP contribution in [0.25, 0.3) is 0 Å². The van der Waals surface area contributed by atoms with Gasteiger partial charge < -0.3 is 27.1 Å². The summed E-state index contributed by atoms with van der Waals surface area (Å²) < 4.78 is 38.4. The third-order valence-electron chi connectivity index (χ3n) is 1.41. The molecule has 9 heteroatoms. The summed E-state index contributed by atoms with van der Waals surface area (Å²) in [6.07, 6.45) is 5.84. The number of nitrogens with two attached hydrogens (primary N) is 2. The number of unbranched alkanes of at least 4 members (excludes halogenated alkanes) is 2. The smallest absolute Gasteiger partial charge is 0.0111 e. The molecule has 0 amide bonds. The third-order valence-corrected chi connectivity index (χ3v) is 5.45. The molecule has 0 aromatic heterocycles. The van der Waals surface area contributed by atoms with E-state index in [1.165, 1.54) is 25.7 Å². The van der Waals surface area contributed by atoms with Gasteiger partial charge in [0.05, 0.1) is 0 Å². The molecule has 4 N–H and O–H groups in total. The standard InChI is InChI=1S/2C4H9.2H2NO2S.Sn/c2*1-3-4-2;2*1-4(2)3;/h2*1,3-4H2,2H3;2*(H2,1,2,3);/q;;2*-1;+2. The first-order chi connectivity index (χ1) is 7.88. The average molecular weight is 393 g/mol. The van der Waals surface area contributed by atoms with E-state index in [1.807, 2.05) is 0 Å². The van der Waals surface area contributed by atoms with Gasteiger partial charge in [0, 0.05) is 0 Å². The Morgan fingerprint density at radius 1 is 0.824 bits per heavy atom. The predicted molar refractivity (Wildman–Crippen MR) is 71.0 cm³/mol. The molecule has 0 atom stereocenters. The predicted octanol–water partition coefficient (Wildman–Crippen LogP) is 1.47. The molecule has 0 unspecified atom stereocenters. The summed E-state index contributed by atoms with van der Waals surface area (Å²) in [6, 6.07) is 0. The first-order valence-corrected chi connectivity index (χ1v) is 11.6. The second-order valence-corrected chi connectivity index (χ2v) is 8.30. The zero-order chi connectivity index (χ0) is 14.1. The molecule has 0 rings (SSSR count). The van der Waals surface area contributed by atoms with Crippen molar-refractivity contribution >= 4 is 42.9 Å². The quantitative estimate of drug-likeness (QED) is 0.403. The van der Waals surface area contributed by atoms with Crippen molar-refractivity contribution in [3.8, 4) is 0 Å². The summed E-state index contributed by atoms with van der Waals surface area (Å²) in [6.45, 7) is 4.58. The fraction of sp³-hybridized carbons (Fsp3) is 1.00. The second-order valence-electron chi connectivity index (χ2n) is 2.98. The first kappa shape index (κ1) is 22.8. The maximum Gasteiger partial charge on any atom is -0.0111 e. The van der Waals surface area contributed by atoms with Crippen LogP contribution >= 0.6 is 0 Å². The van der Waals surface area contributed by atoms with E-state index in [0.29, 0.717) is 0 Å². The molecule has 0 saturated heterocycles. The Morgan fingerprint density at radius 2 is 1.06 bits per heavy atom. The van der Waals surface area contributed by atoms with Crippen molar-refractivity contribution in [3.63, 3.8) is 0 Å². The third kappa shape index (κ3) is 81.1. The van der Waals surface area contributed by atoms with Crippen LogP contribution in [0.15, 0.2) is 0 Å². The Balaban J connectivity index is -0.000000205. The molecular formula is C8H22N2O4S2Sn. The van der Waals surface area contributed by atoms with Crippen molar-refractivity contribution in [2.75, 3.05) is 0 Å². The van der Waals surface area contributed by atoms with E-state index >= 15 is 0 Å². The second kappa shape index (κ2) is 21.9. The molecule has 0 aromatic carbocycles. The molecule has 0 aromatic rings. The molecule has 0 saturated carbocycles. The summed E-state index contributed by atoms with van der Waals surface area (Å²) >= 11 is 0.149. The van der Waals surface area contributed by atoms with E-state index in [4.69, 9.17) is 16.8 Å². The Morgan fingerprint density at radius 3 is 1.24 bits per heavy atom. The first-order valence-electron chi connectivity index (χ1n) is 5.26. The number of hydrogen-bond acceptors (Lipinski definition) is 6. The summed E-state index contributed by atoms with van der Waals surface area (Å²) in [4.78, 5) is 0. The summed E-state index contributed by atoms with van der Waals surface area (Å²) in [5.74, 6) is 0. The Labute approximate surface area is 118 Å². The van der Waals surface area contributed by atoms with Crippen molar-refractivity contribution in [2.24, 2.45) is 10.3 Å². The van der Waals surface area contributed by atoms with Gasteiger partial charge in [-0.15, -0.1) is 0 Å². The minimum Gasteiger partial charge on any atom is -0.409 e. The molecule has 0 radical (unpaired) electrons. The Kier molecular flexibility index (Phi) is 29.3. The van der Waals surface area contributed by atoms with Crippen molar-refractivity contribution in [1.82, 2.24) is 0 Å². The fourth-order valence-electron chi connectivity index (χ4n) is 0.729. The van der Waals surface area contributed by atoms with Crippen molar-refractivity contribution < 1.29 is 16.8 Å². The van der Waals surface area contributed by atoms with Gasteiger partial charge in [-0.25, -0.2) is 0 Å². The minimum atomic E-state index is -2.36. The summed E-state index contributed by atoms with van der Waals surface area (Å²) in [5, 5.41) is 8.06. The molecular weight excluding hydrogens is 371 g/mol. The van der Waals surface area contributed by atoms with Crippen LogP contribution in [0.2, 0.25) is 8.87 Å². The van der Waals surface area contributed by atoms with Gasteiger partial charge in [0.2, 0.25) is 0 Å². The molecule has 104 valence electrons. The average Bonchev–Trinajstić information content (AvgIpc) is 2.16. The maximum atomic E-state index is 8.78. The molecule has 0 aliphatic heterocycles. The van der Waals surface area contributed by atoms with Crippen LogP contribution < -0.4 is 10.3 Å². The SMILES string of the molecule is CCC[CH2][Sn+2][CH2]CCC.N[S-](=O)=O.N[S-](=O)=O. The minimum absolute atomic E-state index is 0.149. The Hall–Kier alpha value is 0.619. The zero-order valence-electron chi connectivity index (χ0n) is 10.3. The van der Waals surface area contributed by atoms with E-state index < -0.39 is 21.8 Å². The zero-order valence-corrected chi connectivity index (χ0v) is 14.8. The van der Waals surface area contributed by atoms with Crippen LogP contribution in [0.1, 0.15) is 39.5 Å². The van der Waals surface area contributed by atoms with E-state index in [-0.39, 0.29) is 21.1 Å². The van der Waals surface area contributed by atoms with Gasteiger partial charge in [0.15, 0.2) is 0 Å². The molecule has 0 heterocycles. The fourth-order valence-corrected chi connectivity index (χ4v) is 4.89. The van der Waals surface area contributed by atoms with E-state index in [2.05, 4.69) is 24.1 Å². The van der Waals surface area contributed by atoms with Crippen LogP contribution in [-0.4, -0.2) is 21.1 Å². The van der Waals surface area contributed by atoms with Gasteiger partial charge >= 0.3 is 69.5 Å². The van der Waals surface area contributed by atoms with Crippen molar-refractivity contribution in [3.05, 3.63) is 0 Å². The topological polar surface area (TPSA) is 120 Å². The summed E-state index contributed by atoms with van der Waals surface area (Å²) in [5.41, 5.74) is 0. The van der Waals surface area contributed by atoms with E-state index in [9.17, 15) is 0 Å². The molecule has 0 aliphatic carbocycles. The van der Waals surface area contributed by atoms with Gasteiger partial charge in [-0.3, -0.25) is 0 Å². The van der Waals surface area contributed by atoms with Crippen LogP contribution in [0.4, 0.5) is 0 Å². The normalized spacial score (nSPS) is 8.82. The maximum absolute atomic E-state index is 8.78. The number of rotatable bonds is 6. The number of hydrogen-bond donors (Lipinski definition) is 2. The van der Waals surface area contributed by atoms with Crippen LogP contribution in [-0.2, 0) is 38.6 Å². The molecule has 6 nitrogen and oxygen atoms in total. The van der Waals surface area contributed by atoms with Crippen LogP contribution in [0, 0.1) is 0 Å². The van der Waals surface area contributed by atoms with Gasteiger partial charge in [0.1, 0.15) is 0 Å². The molecule has 0 aliphatic rings. The molecule has 0 bridgehead atoms. The molecule has 0 spiro atoms. The van der Waals surface area contributed by atoms with Crippen molar-refractivity contribution in [1.29, 1.82) is 0 Å². The Bertz CT molecular complexity index is 228. The molecule has 0 fully saturated rings. The van der Waals surface area contributed by atoms with E-state index in [0.717, 1.165) is 0 Å². The molecule has 17 heavy (non-hydrogen) atoms. The van der Waals surface area contributed by atoms with Crippen molar-refractivity contribution in [2.45, 2.75) is 48.4 Å². The summed E-state index contributed by atoms with van der Waals surface area (Å²) in [7, 11) is -4.72. The monoisotopic (exact) mass is 394 g/mol.